The number of aliphatic imine (C=N–C) groups is 1. The fraction of sp³-hybridized carbons (Fsp3) is 0.565. The number of guanidine groups is 1. The highest BCUT2D eigenvalue weighted by Gasteiger charge is 2.31. The van der Waals surface area contributed by atoms with Crippen LogP contribution in [-0.4, -0.2) is 52.1 Å². The maximum atomic E-state index is 4.86. The predicted octanol–water partition coefficient (Wildman–Crippen LogP) is 3.64. The summed E-state index contributed by atoms with van der Waals surface area (Å²) in [5, 5.41) is 7.08. The molecule has 3 rings (SSSR count). The van der Waals surface area contributed by atoms with Gasteiger partial charge in [-0.05, 0) is 44.7 Å². The van der Waals surface area contributed by atoms with E-state index in [-0.39, 0.29) is 24.0 Å². The lowest BCUT2D eigenvalue weighted by Crippen LogP contribution is -2.46. The number of benzene rings is 1. The summed E-state index contributed by atoms with van der Waals surface area (Å²) in [7, 11) is 0. The van der Waals surface area contributed by atoms with E-state index >= 15 is 0 Å². The zero-order valence-corrected chi connectivity index (χ0v) is 21.3. The molecule has 2 aromatic rings. The molecule has 2 N–H and O–H groups in total. The summed E-state index contributed by atoms with van der Waals surface area (Å²) in [6.45, 7) is 15.6. The lowest BCUT2D eigenvalue weighted by molar-refractivity contribution is 0.265. The third kappa shape index (κ3) is 6.70. The molecule has 30 heavy (non-hydrogen) atoms. The number of hydrogen-bond acceptors (Lipinski definition) is 3. The van der Waals surface area contributed by atoms with Gasteiger partial charge < -0.3 is 15.2 Å². The fourth-order valence-electron chi connectivity index (χ4n) is 3.87. The van der Waals surface area contributed by atoms with Crippen molar-refractivity contribution in [2.45, 2.75) is 59.8 Å². The number of imidazole rings is 1. The number of hydrogen-bond donors (Lipinski definition) is 2. The highest BCUT2D eigenvalue weighted by molar-refractivity contribution is 14.0. The number of aryl methyl sites for hydroxylation is 1. The molecule has 6 nitrogen and oxygen atoms in total. The molecule has 1 fully saturated rings. The van der Waals surface area contributed by atoms with Crippen LogP contribution in [-0.2, 0) is 13.1 Å². The number of aromatic nitrogens is 2. The minimum absolute atomic E-state index is 0. The Kier molecular flexibility index (Phi) is 9.61. The zero-order chi connectivity index (χ0) is 20.8. The second-order valence-corrected chi connectivity index (χ2v) is 8.39. The van der Waals surface area contributed by atoms with Crippen molar-refractivity contribution in [2.24, 2.45) is 10.9 Å². The van der Waals surface area contributed by atoms with Crippen LogP contribution < -0.4 is 10.6 Å². The number of nitrogens with zero attached hydrogens (tertiary/aromatic N) is 4. The molecule has 2 unspecified atom stereocenters. The van der Waals surface area contributed by atoms with E-state index in [4.69, 9.17) is 4.99 Å². The van der Waals surface area contributed by atoms with Crippen LogP contribution in [0.2, 0.25) is 0 Å². The molecule has 1 aromatic heterocycles. The van der Waals surface area contributed by atoms with Crippen molar-refractivity contribution in [3.8, 4) is 0 Å². The number of likely N-dealkylation sites (tertiary alicyclic amines) is 1. The van der Waals surface area contributed by atoms with Crippen LogP contribution in [0.5, 0.6) is 0 Å². The summed E-state index contributed by atoms with van der Waals surface area (Å²) in [6, 6.07) is 9.70. The average molecular weight is 524 g/mol. The highest BCUT2D eigenvalue weighted by atomic mass is 127. The van der Waals surface area contributed by atoms with Crippen LogP contribution >= 0.6 is 24.0 Å². The highest BCUT2D eigenvalue weighted by Crippen LogP contribution is 2.18. The molecule has 0 bridgehead atoms. The summed E-state index contributed by atoms with van der Waals surface area (Å²) in [5.41, 5.74) is 2.49. The molecule has 1 aliphatic rings. The maximum Gasteiger partial charge on any atom is 0.191 e. The van der Waals surface area contributed by atoms with E-state index in [0.29, 0.717) is 24.5 Å². The Bertz CT molecular complexity index is 816. The Balaban J connectivity index is 0.00000320. The van der Waals surface area contributed by atoms with Gasteiger partial charge in [0.1, 0.15) is 5.82 Å². The molecule has 7 heteroatoms. The first kappa shape index (κ1) is 24.7. The molecule has 1 aromatic carbocycles. The normalized spacial score (nSPS) is 19.7. The second kappa shape index (κ2) is 11.7. The molecule has 1 saturated heterocycles. The van der Waals surface area contributed by atoms with E-state index in [0.717, 1.165) is 38.0 Å². The molecule has 0 saturated carbocycles. The van der Waals surface area contributed by atoms with Gasteiger partial charge in [-0.1, -0.05) is 31.2 Å². The first-order valence-corrected chi connectivity index (χ1v) is 10.8. The van der Waals surface area contributed by atoms with Gasteiger partial charge in [-0.2, -0.15) is 0 Å². The van der Waals surface area contributed by atoms with Crippen LogP contribution in [0, 0.1) is 12.8 Å². The van der Waals surface area contributed by atoms with Gasteiger partial charge in [-0.15, -0.1) is 24.0 Å². The Morgan fingerprint density at radius 3 is 2.67 bits per heavy atom. The Hall–Kier alpha value is -1.61. The first-order chi connectivity index (χ1) is 14.0. The topological polar surface area (TPSA) is 57.5 Å². The van der Waals surface area contributed by atoms with Crippen molar-refractivity contribution in [3.63, 3.8) is 0 Å². The maximum absolute atomic E-state index is 4.86. The van der Waals surface area contributed by atoms with Gasteiger partial charge in [0, 0.05) is 50.7 Å². The molecule has 2 atom stereocenters. The monoisotopic (exact) mass is 524 g/mol. The zero-order valence-electron chi connectivity index (χ0n) is 18.9. The Morgan fingerprint density at radius 1 is 1.27 bits per heavy atom. The minimum Gasteiger partial charge on any atom is -0.357 e. The lowest BCUT2D eigenvalue weighted by atomic mass is 10.1. The van der Waals surface area contributed by atoms with E-state index in [1.165, 1.54) is 11.1 Å². The van der Waals surface area contributed by atoms with E-state index in [1.807, 2.05) is 19.3 Å². The van der Waals surface area contributed by atoms with Crippen LogP contribution in [0.25, 0.3) is 0 Å². The van der Waals surface area contributed by atoms with Crippen LogP contribution in [0.4, 0.5) is 0 Å². The SMILES string of the molecule is CCNC(=NCc1cccc(Cn2ccnc2C)c1)NC1CN(C(C)C)CC1C.I. The van der Waals surface area contributed by atoms with E-state index in [2.05, 4.69) is 77.0 Å². The summed E-state index contributed by atoms with van der Waals surface area (Å²) >= 11 is 0. The second-order valence-electron chi connectivity index (χ2n) is 8.39. The van der Waals surface area contributed by atoms with Crippen LogP contribution in [0.1, 0.15) is 44.6 Å². The quantitative estimate of drug-likeness (QED) is 0.330. The summed E-state index contributed by atoms with van der Waals surface area (Å²) in [4.78, 5) is 11.7. The smallest absolute Gasteiger partial charge is 0.191 e. The molecule has 166 valence electrons. The summed E-state index contributed by atoms with van der Waals surface area (Å²) < 4.78 is 2.16. The van der Waals surface area contributed by atoms with Gasteiger partial charge in [-0.25, -0.2) is 9.98 Å². The van der Waals surface area contributed by atoms with Crippen molar-refractivity contribution in [2.75, 3.05) is 19.6 Å². The third-order valence-electron chi connectivity index (χ3n) is 5.72. The molecule has 0 aliphatic carbocycles. The van der Waals surface area contributed by atoms with Gasteiger partial charge in [0.05, 0.1) is 6.54 Å². The molecular formula is C23H37IN6. The Morgan fingerprint density at radius 2 is 2.03 bits per heavy atom. The van der Waals surface area contributed by atoms with Crippen molar-refractivity contribution >= 4 is 29.9 Å². The van der Waals surface area contributed by atoms with Gasteiger partial charge in [0.25, 0.3) is 0 Å². The van der Waals surface area contributed by atoms with Crippen LogP contribution in [0.3, 0.4) is 0 Å². The fourth-order valence-corrected chi connectivity index (χ4v) is 3.87. The van der Waals surface area contributed by atoms with Gasteiger partial charge >= 0.3 is 0 Å². The average Bonchev–Trinajstić information content (AvgIpc) is 3.26. The summed E-state index contributed by atoms with van der Waals surface area (Å²) in [6.07, 6.45) is 3.87. The van der Waals surface area contributed by atoms with Gasteiger partial charge in [0.2, 0.25) is 0 Å². The molecule has 0 amide bonds. The van der Waals surface area contributed by atoms with Crippen molar-refractivity contribution in [3.05, 3.63) is 53.6 Å². The van der Waals surface area contributed by atoms with E-state index in [9.17, 15) is 0 Å². The molecule has 2 heterocycles. The Labute approximate surface area is 198 Å². The molecular weight excluding hydrogens is 487 g/mol. The standard InChI is InChI=1S/C23H36N6.HI/c1-6-24-23(27-22-16-29(17(2)3)14-18(22)4)26-13-20-8-7-9-21(12-20)15-28-11-10-25-19(28)5;/h7-12,17-18,22H,6,13-16H2,1-5H3,(H2,24,26,27);1H. The third-order valence-corrected chi connectivity index (χ3v) is 5.72. The first-order valence-electron chi connectivity index (χ1n) is 10.8. The van der Waals surface area contributed by atoms with E-state index < -0.39 is 0 Å². The van der Waals surface area contributed by atoms with Gasteiger partial charge in [-0.3, -0.25) is 4.90 Å². The summed E-state index contributed by atoms with van der Waals surface area (Å²) in [5.74, 6) is 2.56. The minimum atomic E-state index is 0. The van der Waals surface area contributed by atoms with Crippen molar-refractivity contribution in [1.29, 1.82) is 0 Å². The number of nitrogens with one attached hydrogen (secondary N) is 2. The molecule has 0 spiro atoms. The number of rotatable bonds is 7. The van der Waals surface area contributed by atoms with Crippen molar-refractivity contribution < 1.29 is 0 Å². The van der Waals surface area contributed by atoms with Crippen molar-refractivity contribution in [1.82, 2.24) is 25.1 Å². The van der Waals surface area contributed by atoms with E-state index in [1.54, 1.807) is 0 Å². The van der Waals surface area contributed by atoms with Gasteiger partial charge in [0.15, 0.2) is 5.96 Å². The predicted molar refractivity (Wildman–Crippen MR) is 136 cm³/mol. The largest absolute Gasteiger partial charge is 0.357 e. The van der Waals surface area contributed by atoms with Crippen LogP contribution in [0.15, 0.2) is 41.7 Å². The molecule has 1 aliphatic heterocycles. The lowest BCUT2D eigenvalue weighted by Gasteiger charge is -2.22. The molecule has 0 radical (unpaired) electrons. The number of halogens is 1.